The summed E-state index contributed by atoms with van der Waals surface area (Å²) >= 11 is 0. The maximum atomic E-state index is 10.3. The highest BCUT2D eigenvalue weighted by Gasteiger charge is 2.46. The molecule has 1 aliphatic heterocycles. The zero-order valence-corrected chi connectivity index (χ0v) is 17.2. The fraction of sp³-hybridized carbons (Fsp3) is 0.409. The summed E-state index contributed by atoms with van der Waals surface area (Å²) in [4.78, 5) is 0. The Hall–Kier alpha value is -2.69. The van der Waals surface area contributed by atoms with Gasteiger partial charge >= 0.3 is 0 Å². The first-order valence-corrected chi connectivity index (χ1v) is 9.78. The van der Waals surface area contributed by atoms with Crippen molar-refractivity contribution >= 4 is 6.21 Å². The van der Waals surface area contributed by atoms with E-state index in [-0.39, 0.29) is 11.5 Å². The van der Waals surface area contributed by atoms with E-state index in [2.05, 4.69) is 0 Å². The van der Waals surface area contributed by atoms with Crippen molar-refractivity contribution in [1.29, 1.82) is 5.41 Å². The van der Waals surface area contributed by atoms with E-state index in [1.165, 1.54) is 19.1 Å². The summed E-state index contributed by atoms with van der Waals surface area (Å²) in [6.07, 6.45) is -7.06. The summed E-state index contributed by atoms with van der Waals surface area (Å²) in [5.74, 6) is 0.657. The molecule has 1 heterocycles. The van der Waals surface area contributed by atoms with Gasteiger partial charge in [-0.3, -0.25) is 0 Å². The second-order valence-electron chi connectivity index (χ2n) is 7.48. The predicted octanol–water partition coefficient (Wildman–Crippen LogP) is 0.556. The second kappa shape index (κ2) is 9.63. The van der Waals surface area contributed by atoms with Crippen LogP contribution in [0.2, 0.25) is 0 Å². The van der Waals surface area contributed by atoms with Crippen LogP contribution >= 0.6 is 0 Å². The normalized spacial score (nSPS) is 26.8. The number of nitrogens with one attached hydrogen (secondary N) is 1. The Morgan fingerprint density at radius 3 is 2.35 bits per heavy atom. The highest BCUT2D eigenvalue weighted by atomic mass is 16.7. The third-order valence-corrected chi connectivity index (χ3v) is 5.25. The fourth-order valence-electron chi connectivity index (χ4n) is 3.52. The van der Waals surface area contributed by atoms with Crippen LogP contribution in [0.3, 0.4) is 0 Å². The number of hydrogen-bond acceptors (Lipinski definition) is 9. The van der Waals surface area contributed by atoms with Crippen LogP contribution in [0, 0.1) is 5.41 Å². The monoisotopic (exact) mass is 433 g/mol. The Morgan fingerprint density at radius 2 is 1.77 bits per heavy atom. The van der Waals surface area contributed by atoms with E-state index in [4.69, 9.17) is 19.6 Å². The van der Waals surface area contributed by atoms with Gasteiger partial charge in [0.25, 0.3) is 0 Å². The minimum atomic E-state index is -1.61. The second-order valence-corrected chi connectivity index (χ2v) is 7.48. The Kier molecular flexibility index (Phi) is 7.14. The summed E-state index contributed by atoms with van der Waals surface area (Å²) < 4.78 is 16.5. The summed E-state index contributed by atoms with van der Waals surface area (Å²) in [5.41, 5.74) is 1.81. The van der Waals surface area contributed by atoms with Crippen LogP contribution in [-0.2, 0) is 11.2 Å². The van der Waals surface area contributed by atoms with Crippen molar-refractivity contribution < 1.29 is 39.7 Å². The van der Waals surface area contributed by atoms with E-state index in [9.17, 15) is 25.5 Å². The molecule has 3 rings (SSSR count). The van der Waals surface area contributed by atoms with E-state index in [0.717, 1.165) is 11.8 Å². The first-order chi connectivity index (χ1) is 14.7. The maximum absolute atomic E-state index is 10.3. The summed E-state index contributed by atoms with van der Waals surface area (Å²) in [7, 11) is 1.56. The zero-order valence-electron chi connectivity index (χ0n) is 17.2. The molecule has 0 aromatic heterocycles. The molecule has 31 heavy (non-hydrogen) atoms. The summed E-state index contributed by atoms with van der Waals surface area (Å²) in [6.45, 7) is 1.38. The molecule has 1 aliphatic rings. The number of benzene rings is 2. The van der Waals surface area contributed by atoms with Crippen molar-refractivity contribution in [1.82, 2.24) is 0 Å². The minimum absolute atomic E-state index is 0.131. The van der Waals surface area contributed by atoms with E-state index in [0.29, 0.717) is 23.3 Å². The molecular formula is C22H27NO8. The van der Waals surface area contributed by atoms with Gasteiger partial charge in [0.15, 0.2) is 0 Å². The van der Waals surface area contributed by atoms with Crippen LogP contribution in [0.4, 0.5) is 0 Å². The standard InChI is InChI=1S/C22H27NO8/c1-11(24)21-19(27)18(26)20(28)22(31-21)30-17-9-14(25)8-13(10-23)16(17)7-12-3-5-15(29-2)6-4-12/h3-6,8-11,18-28H,7H2,1-2H3/t11-,18+,19+,20-,21-,22-/m1/s1. The number of aliphatic hydroxyl groups excluding tert-OH is 4. The van der Waals surface area contributed by atoms with Crippen LogP contribution in [0.5, 0.6) is 17.2 Å². The van der Waals surface area contributed by atoms with Crippen molar-refractivity contribution in [3.63, 3.8) is 0 Å². The smallest absolute Gasteiger partial charge is 0.229 e. The van der Waals surface area contributed by atoms with Gasteiger partial charge < -0.3 is 45.2 Å². The van der Waals surface area contributed by atoms with E-state index < -0.39 is 36.8 Å². The predicted molar refractivity (Wildman–Crippen MR) is 111 cm³/mol. The lowest BCUT2D eigenvalue weighted by Crippen LogP contribution is -2.61. The van der Waals surface area contributed by atoms with Gasteiger partial charge in [0.05, 0.1) is 13.2 Å². The largest absolute Gasteiger partial charge is 0.508 e. The van der Waals surface area contributed by atoms with Crippen molar-refractivity contribution in [2.75, 3.05) is 7.11 Å². The Morgan fingerprint density at radius 1 is 1.10 bits per heavy atom. The molecule has 9 heteroatoms. The molecule has 2 aromatic rings. The van der Waals surface area contributed by atoms with Gasteiger partial charge in [0.2, 0.25) is 6.29 Å². The van der Waals surface area contributed by atoms with Gasteiger partial charge in [-0.15, -0.1) is 0 Å². The average Bonchev–Trinajstić information content (AvgIpc) is 2.75. The highest BCUT2D eigenvalue weighted by Crippen LogP contribution is 2.33. The van der Waals surface area contributed by atoms with E-state index in [1.54, 1.807) is 19.2 Å². The van der Waals surface area contributed by atoms with Crippen LogP contribution in [0.15, 0.2) is 36.4 Å². The quantitative estimate of drug-likeness (QED) is 0.346. The molecule has 0 aliphatic carbocycles. The molecule has 6 atom stereocenters. The number of aromatic hydroxyl groups is 1. The lowest BCUT2D eigenvalue weighted by Gasteiger charge is -2.41. The Bertz CT molecular complexity index is 901. The molecule has 1 saturated heterocycles. The van der Waals surface area contributed by atoms with Gasteiger partial charge in [-0.1, -0.05) is 12.1 Å². The number of hydrogen-bond donors (Lipinski definition) is 6. The molecule has 2 aromatic carbocycles. The van der Waals surface area contributed by atoms with Crippen LogP contribution in [0.25, 0.3) is 0 Å². The molecule has 1 fully saturated rings. The van der Waals surface area contributed by atoms with Gasteiger partial charge in [0.1, 0.15) is 41.7 Å². The summed E-state index contributed by atoms with van der Waals surface area (Å²) in [6, 6.07) is 10.0. The average molecular weight is 433 g/mol. The van der Waals surface area contributed by atoms with Gasteiger partial charge in [-0.25, -0.2) is 0 Å². The lowest BCUT2D eigenvalue weighted by atomic mass is 9.95. The molecule has 0 spiro atoms. The van der Waals surface area contributed by atoms with E-state index >= 15 is 0 Å². The molecular weight excluding hydrogens is 406 g/mol. The van der Waals surface area contributed by atoms with Gasteiger partial charge in [-0.2, -0.15) is 0 Å². The molecule has 0 unspecified atom stereocenters. The fourth-order valence-corrected chi connectivity index (χ4v) is 3.52. The van der Waals surface area contributed by atoms with Gasteiger partial charge in [0, 0.05) is 29.8 Å². The molecule has 168 valence electrons. The summed E-state index contributed by atoms with van der Waals surface area (Å²) in [5, 5.41) is 58.2. The third kappa shape index (κ3) is 4.97. The number of phenols is 1. The number of phenolic OH excluding ortho intramolecular Hbond substituents is 1. The van der Waals surface area contributed by atoms with Crippen molar-refractivity contribution in [3.8, 4) is 17.2 Å². The lowest BCUT2D eigenvalue weighted by molar-refractivity contribution is -0.286. The number of aliphatic hydroxyl groups is 4. The van der Waals surface area contributed by atoms with Crippen molar-refractivity contribution in [2.24, 2.45) is 0 Å². The minimum Gasteiger partial charge on any atom is -0.508 e. The van der Waals surface area contributed by atoms with Crippen molar-refractivity contribution in [2.45, 2.75) is 50.2 Å². The van der Waals surface area contributed by atoms with Crippen LogP contribution in [0.1, 0.15) is 23.6 Å². The number of rotatable bonds is 7. The zero-order chi connectivity index (χ0) is 22.7. The van der Waals surface area contributed by atoms with Crippen LogP contribution < -0.4 is 9.47 Å². The first kappa shape index (κ1) is 23.0. The first-order valence-electron chi connectivity index (χ1n) is 9.78. The number of methoxy groups -OCH3 is 1. The Labute approximate surface area is 179 Å². The van der Waals surface area contributed by atoms with Gasteiger partial charge in [-0.05, 0) is 30.7 Å². The highest BCUT2D eigenvalue weighted by molar-refractivity contribution is 5.82. The number of ether oxygens (including phenoxy) is 3. The molecule has 0 saturated carbocycles. The Balaban J connectivity index is 1.94. The SMILES string of the molecule is COc1ccc(Cc2c(C=N)cc(O)cc2O[C@@H]2O[C@H]([C@@H](C)O)[C@@H](O)[C@H](O)[C@H]2O)cc1. The van der Waals surface area contributed by atoms with Crippen LogP contribution in [-0.4, -0.2) is 75.7 Å². The molecule has 0 radical (unpaired) electrons. The maximum Gasteiger partial charge on any atom is 0.229 e. The third-order valence-electron chi connectivity index (χ3n) is 5.25. The topological polar surface area (TPSA) is 153 Å². The molecule has 6 N–H and O–H groups in total. The van der Waals surface area contributed by atoms with E-state index in [1.807, 2.05) is 12.1 Å². The molecule has 0 bridgehead atoms. The molecule has 9 nitrogen and oxygen atoms in total. The molecule has 0 amide bonds. The van der Waals surface area contributed by atoms with Crippen molar-refractivity contribution in [3.05, 3.63) is 53.1 Å².